The average molecular weight is 473 g/mol. The lowest BCUT2D eigenvalue weighted by Gasteiger charge is -2.35. The van der Waals surface area contributed by atoms with E-state index in [2.05, 4.69) is 9.84 Å². The number of nitrogens with zero attached hydrogens (tertiary/aromatic N) is 3. The molecule has 1 aliphatic rings. The number of ether oxygens (including phenoxy) is 1. The SMILES string of the molecule is CC(C)(C)CC(=O)N1Cc2c(C(N)=O)c(-c3ccc(F)c(Cl)c3)nn2C(COC(F)F)C1. The van der Waals surface area contributed by atoms with Crippen molar-refractivity contribution in [2.24, 2.45) is 11.1 Å². The first-order valence-corrected chi connectivity index (χ1v) is 10.3. The monoisotopic (exact) mass is 472 g/mol. The normalized spacial score (nSPS) is 16.4. The van der Waals surface area contributed by atoms with E-state index in [1.165, 1.54) is 21.7 Å². The number of halogens is 4. The van der Waals surface area contributed by atoms with Crippen molar-refractivity contribution in [1.29, 1.82) is 0 Å². The van der Waals surface area contributed by atoms with E-state index in [-0.39, 0.29) is 47.1 Å². The Morgan fingerprint density at radius 1 is 1.34 bits per heavy atom. The number of aromatic nitrogens is 2. The van der Waals surface area contributed by atoms with Crippen LogP contribution in [0.4, 0.5) is 13.2 Å². The lowest BCUT2D eigenvalue weighted by Crippen LogP contribution is -2.44. The van der Waals surface area contributed by atoms with Crippen LogP contribution in [0.1, 0.15) is 49.3 Å². The number of nitrogens with two attached hydrogens (primary N) is 1. The summed E-state index contributed by atoms with van der Waals surface area (Å²) in [7, 11) is 0. The molecule has 1 unspecified atom stereocenters. The fourth-order valence-corrected chi connectivity index (χ4v) is 3.85. The largest absolute Gasteiger partial charge is 0.365 e. The van der Waals surface area contributed by atoms with Crippen molar-refractivity contribution in [2.75, 3.05) is 13.2 Å². The molecular formula is C21H24ClF3N4O3. The zero-order valence-corrected chi connectivity index (χ0v) is 18.6. The second-order valence-electron chi connectivity index (χ2n) is 8.87. The summed E-state index contributed by atoms with van der Waals surface area (Å²) >= 11 is 5.88. The third kappa shape index (κ3) is 5.24. The van der Waals surface area contributed by atoms with Gasteiger partial charge in [0.05, 0.1) is 35.5 Å². The van der Waals surface area contributed by atoms with Crippen molar-refractivity contribution < 1.29 is 27.5 Å². The van der Waals surface area contributed by atoms with Gasteiger partial charge in [0, 0.05) is 18.5 Å². The molecule has 2 heterocycles. The van der Waals surface area contributed by atoms with Crippen LogP contribution in [0, 0.1) is 11.2 Å². The molecule has 2 amide bonds. The van der Waals surface area contributed by atoms with Gasteiger partial charge in [-0.1, -0.05) is 32.4 Å². The Bertz CT molecular complexity index is 1040. The number of amides is 2. The maximum absolute atomic E-state index is 13.6. The Hall–Kier alpha value is -2.59. The van der Waals surface area contributed by atoms with Crippen LogP contribution in [-0.2, 0) is 16.1 Å². The molecule has 0 spiro atoms. The van der Waals surface area contributed by atoms with Crippen LogP contribution in [0.15, 0.2) is 18.2 Å². The van der Waals surface area contributed by atoms with Crippen LogP contribution in [-0.4, -0.2) is 46.3 Å². The molecule has 1 atom stereocenters. The van der Waals surface area contributed by atoms with Gasteiger partial charge in [0.25, 0.3) is 5.91 Å². The number of alkyl halides is 2. The highest BCUT2D eigenvalue weighted by Crippen LogP contribution is 2.34. The zero-order chi connectivity index (χ0) is 23.8. The Morgan fingerprint density at radius 2 is 2.03 bits per heavy atom. The number of hydrogen-bond acceptors (Lipinski definition) is 4. The quantitative estimate of drug-likeness (QED) is 0.688. The number of fused-ring (bicyclic) bond motifs is 1. The molecule has 1 aliphatic heterocycles. The Labute approximate surface area is 188 Å². The summed E-state index contributed by atoms with van der Waals surface area (Å²) in [6.45, 7) is 2.34. The molecule has 3 rings (SSSR count). The van der Waals surface area contributed by atoms with Gasteiger partial charge in [-0.2, -0.15) is 13.9 Å². The van der Waals surface area contributed by atoms with E-state index >= 15 is 0 Å². The first kappa shape index (κ1) is 24.1. The number of carbonyl (C=O) groups is 2. The third-order valence-electron chi connectivity index (χ3n) is 5.02. The van der Waals surface area contributed by atoms with E-state index in [4.69, 9.17) is 17.3 Å². The second-order valence-corrected chi connectivity index (χ2v) is 9.27. The van der Waals surface area contributed by atoms with Crippen LogP contribution >= 0.6 is 11.6 Å². The molecule has 1 aromatic carbocycles. The molecular weight excluding hydrogens is 449 g/mol. The van der Waals surface area contributed by atoms with E-state index in [1.807, 2.05) is 20.8 Å². The lowest BCUT2D eigenvalue weighted by molar-refractivity contribution is -0.145. The minimum absolute atomic E-state index is 0.0142. The first-order valence-electron chi connectivity index (χ1n) is 9.91. The van der Waals surface area contributed by atoms with Gasteiger partial charge in [-0.05, 0) is 23.6 Å². The fourth-order valence-electron chi connectivity index (χ4n) is 3.67. The Morgan fingerprint density at radius 3 is 2.59 bits per heavy atom. The number of primary amides is 1. The van der Waals surface area contributed by atoms with Gasteiger partial charge in [-0.3, -0.25) is 14.3 Å². The van der Waals surface area contributed by atoms with Crippen molar-refractivity contribution in [3.63, 3.8) is 0 Å². The molecule has 0 aliphatic carbocycles. The summed E-state index contributed by atoms with van der Waals surface area (Å²) < 4.78 is 45.0. The maximum Gasteiger partial charge on any atom is 0.345 e. The van der Waals surface area contributed by atoms with Gasteiger partial charge in [0.15, 0.2) is 0 Å². The highest BCUT2D eigenvalue weighted by molar-refractivity contribution is 6.31. The summed E-state index contributed by atoms with van der Waals surface area (Å²) in [5.74, 6) is -1.67. The molecule has 2 aromatic rings. The van der Waals surface area contributed by atoms with Crippen LogP contribution in [0.2, 0.25) is 5.02 Å². The summed E-state index contributed by atoms with van der Waals surface area (Å²) in [5.41, 5.74) is 6.09. The van der Waals surface area contributed by atoms with Gasteiger partial charge in [0.2, 0.25) is 5.91 Å². The van der Waals surface area contributed by atoms with Gasteiger partial charge < -0.3 is 15.4 Å². The van der Waals surface area contributed by atoms with E-state index in [0.717, 1.165) is 6.07 Å². The molecule has 1 aromatic heterocycles. The molecule has 0 radical (unpaired) electrons. The van der Waals surface area contributed by atoms with Crippen LogP contribution in [0.25, 0.3) is 11.3 Å². The summed E-state index contributed by atoms with van der Waals surface area (Å²) in [6, 6.07) is 3.02. The molecule has 0 bridgehead atoms. The number of rotatable bonds is 6. The van der Waals surface area contributed by atoms with E-state index in [1.54, 1.807) is 0 Å². The smallest absolute Gasteiger partial charge is 0.345 e. The number of hydrogen-bond donors (Lipinski definition) is 1. The molecule has 7 nitrogen and oxygen atoms in total. The van der Waals surface area contributed by atoms with Crippen molar-refractivity contribution in [2.45, 2.75) is 46.4 Å². The zero-order valence-electron chi connectivity index (χ0n) is 17.9. The molecule has 0 saturated heterocycles. The first-order chi connectivity index (χ1) is 14.9. The predicted octanol–water partition coefficient (Wildman–Crippen LogP) is 4.00. The standard InChI is InChI=1S/C21H24ClF3N4O3/c1-21(2,3)7-16(30)28-8-12(10-32-20(24)25)29-15(9-28)17(19(26)31)18(27-29)11-4-5-14(23)13(22)6-11/h4-6,12,20H,7-10H2,1-3H3,(H2,26,31). The average Bonchev–Trinajstić information content (AvgIpc) is 3.06. The molecule has 174 valence electrons. The van der Waals surface area contributed by atoms with Gasteiger partial charge in [0.1, 0.15) is 11.5 Å². The molecule has 0 fully saturated rings. The molecule has 11 heteroatoms. The highest BCUT2D eigenvalue weighted by Gasteiger charge is 2.36. The van der Waals surface area contributed by atoms with Crippen LogP contribution < -0.4 is 5.73 Å². The number of benzene rings is 1. The van der Waals surface area contributed by atoms with Gasteiger partial charge in [-0.25, -0.2) is 4.39 Å². The Balaban J connectivity index is 2.09. The van der Waals surface area contributed by atoms with E-state index < -0.39 is 31.0 Å². The topological polar surface area (TPSA) is 90.5 Å². The summed E-state index contributed by atoms with van der Waals surface area (Å²) in [5, 5.41) is 4.24. The van der Waals surface area contributed by atoms with E-state index in [9.17, 15) is 22.8 Å². The predicted molar refractivity (Wildman–Crippen MR) is 112 cm³/mol. The molecule has 2 N–H and O–H groups in total. The molecule has 0 saturated carbocycles. The summed E-state index contributed by atoms with van der Waals surface area (Å²) in [4.78, 5) is 26.7. The second kappa shape index (κ2) is 9.11. The van der Waals surface area contributed by atoms with Crippen molar-refractivity contribution in [3.8, 4) is 11.3 Å². The minimum atomic E-state index is -3.01. The van der Waals surface area contributed by atoms with Gasteiger partial charge in [-0.15, -0.1) is 0 Å². The number of carbonyl (C=O) groups excluding carboxylic acids is 2. The maximum atomic E-state index is 13.6. The lowest BCUT2D eigenvalue weighted by atomic mass is 9.91. The highest BCUT2D eigenvalue weighted by atomic mass is 35.5. The van der Waals surface area contributed by atoms with Crippen molar-refractivity contribution >= 4 is 23.4 Å². The van der Waals surface area contributed by atoms with Crippen LogP contribution in [0.3, 0.4) is 0 Å². The fraction of sp³-hybridized carbons (Fsp3) is 0.476. The molecule has 32 heavy (non-hydrogen) atoms. The van der Waals surface area contributed by atoms with Gasteiger partial charge >= 0.3 is 6.61 Å². The van der Waals surface area contributed by atoms with Crippen molar-refractivity contribution in [3.05, 3.63) is 40.3 Å². The summed E-state index contributed by atoms with van der Waals surface area (Å²) in [6.07, 6.45) is 0.218. The minimum Gasteiger partial charge on any atom is -0.365 e. The van der Waals surface area contributed by atoms with Crippen molar-refractivity contribution in [1.82, 2.24) is 14.7 Å². The van der Waals surface area contributed by atoms with Crippen LogP contribution in [0.5, 0.6) is 0 Å². The third-order valence-corrected chi connectivity index (χ3v) is 5.31. The Kier molecular flexibility index (Phi) is 6.85. The van der Waals surface area contributed by atoms with E-state index in [0.29, 0.717) is 11.3 Å².